The van der Waals surface area contributed by atoms with Crippen molar-refractivity contribution in [1.29, 1.82) is 0 Å². The summed E-state index contributed by atoms with van der Waals surface area (Å²) in [7, 11) is 0. The van der Waals surface area contributed by atoms with E-state index in [-0.39, 0.29) is 0 Å². The fraction of sp³-hybridized carbons (Fsp3) is 0.176. The molecular weight excluding hydrogens is 320 g/mol. The molecule has 1 amide bonds. The number of rotatable bonds is 8. The minimum absolute atomic E-state index is 0.348. The van der Waals surface area contributed by atoms with Crippen molar-refractivity contribution >= 4 is 5.91 Å². The Bertz CT molecular complexity index is 800. The molecule has 8 nitrogen and oxygen atoms in total. The van der Waals surface area contributed by atoms with Crippen molar-refractivity contribution in [2.24, 2.45) is 5.73 Å². The van der Waals surface area contributed by atoms with E-state index in [0.717, 1.165) is 13.0 Å². The number of carbonyl (C=O) groups is 1. The molecule has 25 heavy (non-hydrogen) atoms. The van der Waals surface area contributed by atoms with Crippen molar-refractivity contribution in [2.45, 2.75) is 13.1 Å². The van der Waals surface area contributed by atoms with E-state index in [1.165, 1.54) is 11.8 Å². The average Bonchev–Trinajstić information content (AvgIpc) is 3.14. The first-order chi connectivity index (χ1) is 12.2. The minimum atomic E-state index is -0.514. The van der Waals surface area contributed by atoms with Gasteiger partial charge in [-0.2, -0.15) is 15.0 Å². The summed E-state index contributed by atoms with van der Waals surface area (Å²) in [5, 5.41) is 11.3. The Balaban J connectivity index is 1.47. The summed E-state index contributed by atoms with van der Waals surface area (Å²) in [6.45, 7) is 1.40. The number of carbonyl (C=O) groups excluding carboxylic acids is 1. The number of amides is 1. The fourth-order valence-electron chi connectivity index (χ4n) is 2.17. The Morgan fingerprint density at radius 2 is 1.88 bits per heavy atom. The molecule has 128 valence electrons. The molecule has 0 atom stereocenters. The van der Waals surface area contributed by atoms with Crippen LogP contribution in [0.3, 0.4) is 0 Å². The second-order valence-electron chi connectivity index (χ2n) is 5.30. The van der Waals surface area contributed by atoms with E-state index in [4.69, 9.17) is 10.5 Å². The number of pyridine rings is 1. The molecule has 0 saturated carbocycles. The number of ether oxygens (including phenoxy) is 1. The number of nitrogens with zero attached hydrogens (tertiary/aromatic N) is 4. The molecule has 2 heterocycles. The summed E-state index contributed by atoms with van der Waals surface area (Å²) in [4.78, 5) is 16.7. The van der Waals surface area contributed by atoms with Gasteiger partial charge in [-0.25, -0.2) is 4.98 Å². The van der Waals surface area contributed by atoms with E-state index < -0.39 is 5.91 Å². The molecule has 0 unspecified atom stereocenters. The summed E-state index contributed by atoms with van der Waals surface area (Å²) in [6, 6.07) is 11.0. The number of aromatic nitrogens is 4. The highest BCUT2D eigenvalue weighted by Crippen LogP contribution is 2.20. The van der Waals surface area contributed by atoms with E-state index in [9.17, 15) is 4.79 Å². The number of hydrogen-bond donors (Lipinski definition) is 2. The topological polar surface area (TPSA) is 108 Å². The zero-order valence-electron chi connectivity index (χ0n) is 13.5. The van der Waals surface area contributed by atoms with Crippen LogP contribution in [-0.2, 0) is 13.1 Å². The number of nitrogens with two attached hydrogens (primary N) is 1. The van der Waals surface area contributed by atoms with Gasteiger partial charge in [0.15, 0.2) is 0 Å². The van der Waals surface area contributed by atoms with Gasteiger partial charge in [-0.3, -0.25) is 10.1 Å². The predicted molar refractivity (Wildman–Crippen MR) is 91.0 cm³/mol. The zero-order valence-corrected chi connectivity index (χ0v) is 13.5. The molecule has 0 aliphatic rings. The smallest absolute Gasteiger partial charge is 0.250 e. The van der Waals surface area contributed by atoms with Crippen molar-refractivity contribution in [3.8, 4) is 11.6 Å². The standard InChI is InChI=1S/C17H18N6O2/c18-17(24)14-3-6-16(20-11-14)25-15-4-1-13(2-5-15)7-8-19-12-23-21-9-10-22-23/h1-6,9-11,19H,7-8,12H2,(H2,18,24). The van der Waals surface area contributed by atoms with Gasteiger partial charge in [0.1, 0.15) is 12.4 Å². The molecule has 0 aliphatic heterocycles. The van der Waals surface area contributed by atoms with Gasteiger partial charge in [0, 0.05) is 18.8 Å². The molecule has 3 aromatic rings. The first-order valence-electron chi connectivity index (χ1n) is 7.78. The molecule has 0 saturated heterocycles. The van der Waals surface area contributed by atoms with E-state index in [0.29, 0.717) is 23.9 Å². The lowest BCUT2D eigenvalue weighted by Crippen LogP contribution is -2.22. The van der Waals surface area contributed by atoms with Gasteiger partial charge in [-0.15, -0.1) is 0 Å². The fourth-order valence-corrected chi connectivity index (χ4v) is 2.17. The van der Waals surface area contributed by atoms with E-state index in [1.807, 2.05) is 24.3 Å². The molecule has 0 radical (unpaired) electrons. The lowest BCUT2D eigenvalue weighted by molar-refractivity contribution is 0.1000. The summed E-state index contributed by atoms with van der Waals surface area (Å²) >= 11 is 0. The average molecular weight is 338 g/mol. The van der Waals surface area contributed by atoms with Crippen molar-refractivity contribution in [3.05, 3.63) is 66.1 Å². The Labute approximate surface area is 144 Å². The third-order valence-electron chi connectivity index (χ3n) is 3.48. The van der Waals surface area contributed by atoms with Crippen molar-refractivity contribution in [2.75, 3.05) is 6.54 Å². The third kappa shape index (κ3) is 4.85. The Morgan fingerprint density at radius 3 is 2.52 bits per heavy atom. The first-order valence-corrected chi connectivity index (χ1v) is 7.78. The quantitative estimate of drug-likeness (QED) is 0.600. The van der Waals surface area contributed by atoms with Gasteiger partial charge < -0.3 is 10.5 Å². The normalized spacial score (nSPS) is 10.6. The van der Waals surface area contributed by atoms with Crippen LogP contribution in [0.2, 0.25) is 0 Å². The molecule has 1 aromatic carbocycles. The lowest BCUT2D eigenvalue weighted by Gasteiger charge is -2.07. The molecule has 0 aliphatic carbocycles. The van der Waals surface area contributed by atoms with Crippen LogP contribution in [0.4, 0.5) is 0 Å². The molecule has 3 N–H and O–H groups in total. The number of hydrogen-bond acceptors (Lipinski definition) is 6. The van der Waals surface area contributed by atoms with Gasteiger partial charge >= 0.3 is 0 Å². The Hall–Kier alpha value is -3.26. The van der Waals surface area contributed by atoms with Gasteiger partial charge in [0.25, 0.3) is 0 Å². The van der Waals surface area contributed by atoms with Crippen LogP contribution in [0.1, 0.15) is 15.9 Å². The lowest BCUT2D eigenvalue weighted by atomic mass is 10.1. The third-order valence-corrected chi connectivity index (χ3v) is 3.48. The van der Waals surface area contributed by atoms with Crippen LogP contribution in [0.15, 0.2) is 55.0 Å². The molecule has 8 heteroatoms. The van der Waals surface area contributed by atoms with Crippen LogP contribution in [0.25, 0.3) is 0 Å². The van der Waals surface area contributed by atoms with Gasteiger partial charge in [-0.1, -0.05) is 12.1 Å². The second kappa shape index (κ2) is 8.02. The van der Waals surface area contributed by atoms with Crippen LogP contribution >= 0.6 is 0 Å². The molecule has 2 aromatic heterocycles. The zero-order chi connectivity index (χ0) is 17.5. The summed E-state index contributed by atoms with van der Waals surface area (Å²) in [5.41, 5.74) is 6.71. The SMILES string of the molecule is NC(=O)c1ccc(Oc2ccc(CCNCn3nccn3)cc2)nc1. The minimum Gasteiger partial charge on any atom is -0.439 e. The maximum absolute atomic E-state index is 11.0. The van der Waals surface area contributed by atoms with E-state index in [1.54, 1.807) is 29.3 Å². The van der Waals surface area contributed by atoms with E-state index >= 15 is 0 Å². The van der Waals surface area contributed by atoms with Crippen LogP contribution in [0, 0.1) is 0 Å². The highest BCUT2D eigenvalue weighted by molar-refractivity contribution is 5.92. The summed E-state index contributed by atoms with van der Waals surface area (Å²) in [6.07, 6.45) is 5.58. The molecule has 3 rings (SSSR count). The van der Waals surface area contributed by atoms with Crippen LogP contribution in [0.5, 0.6) is 11.6 Å². The maximum Gasteiger partial charge on any atom is 0.250 e. The summed E-state index contributed by atoms with van der Waals surface area (Å²) < 4.78 is 5.64. The van der Waals surface area contributed by atoms with Crippen LogP contribution in [-0.4, -0.2) is 32.4 Å². The van der Waals surface area contributed by atoms with E-state index in [2.05, 4.69) is 20.5 Å². The molecule has 0 fully saturated rings. The Kier molecular flexibility index (Phi) is 5.32. The first kappa shape index (κ1) is 16.6. The van der Waals surface area contributed by atoms with Gasteiger partial charge in [0.2, 0.25) is 11.8 Å². The molecular formula is C17H18N6O2. The van der Waals surface area contributed by atoms with Crippen molar-refractivity contribution < 1.29 is 9.53 Å². The Morgan fingerprint density at radius 1 is 1.12 bits per heavy atom. The van der Waals surface area contributed by atoms with Gasteiger partial charge in [-0.05, 0) is 30.2 Å². The number of primary amides is 1. The number of nitrogens with one attached hydrogen (secondary N) is 1. The number of benzene rings is 1. The highest BCUT2D eigenvalue weighted by Gasteiger charge is 2.03. The monoisotopic (exact) mass is 338 g/mol. The highest BCUT2D eigenvalue weighted by atomic mass is 16.5. The van der Waals surface area contributed by atoms with Gasteiger partial charge in [0.05, 0.1) is 18.0 Å². The predicted octanol–water partition coefficient (Wildman–Crippen LogP) is 1.35. The molecule has 0 bridgehead atoms. The largest absolute Gasteiger partial charge is 0.439 e. The van der Waals surface area contributed by atoms with Crippen LogP contribution < -0.4 is 15.8 Å². The molecule has 0 spiro atoms. The summed E-state index contributed by atoms with van der Waals surface area (Å²) in [5.74, 6) is 0.572. The second-order valence-corrected chi connectivity index (χ2v) is 5.30. The van der Waals surface area contributed by atoms with Crippen molar-refractivity contribution in [3.63, 3.8) is 0 Å². The van der Waals surface area contributed by atoms with Crippen molar-refractivity contribution in [1.82, 2.24) is 25.3 Å². The maximum atomic E-state index is 11.0.